The standard InChI is InChI=1S/C40H80NO8P/c1-6-8-10-12-14-16-18-20-22-24-26-28-30-32-39(42)46-36-38(37-48-50(44,45)47-35-34-41(3,4)5)49-40(43)33-31-29-27-25-23-21-19-17-15-13-11-9-7-2/h38H,6-37H2,1-5H3/p+1/t38-/m1/s1/i3D3,4D3,5D3,34D2,35D2. The molecule has 10 heteroatoms. The third-order valence-electron chi connectivity index (χ3n) is 8.50. The van der Waals surface area contributed by atoms with Crippen LogP contribution in [0.4, 0.5) is 0 Å². The van der Waals surface area contributed by atoms with Gasteiger partial charge in [-0.25, -0.2) is 4.57 Å². The highest BCUT2D eigenvalue weighted by atomic mass is 31.2. The first kappa shape index (κ1) is 30.3. The highest BCUT2D eigenvalue weighted by Crippen LogP contribution is 2.43. The van der Waals surface area contributed by atoms with Crippen molar-refractivity contribution in [1.82, 2.24) is 0 Å². The summed E-state index contributed by atoms with van der Waals surface area (Å²) < 4.78 is 132. The molecule has 50 heavy (non-hydrogen) atoms. The van der Waals surface area contributed by atoms with Gasteiger partial charge >= 0.3 is 19.8 Å². The maximum Gasteiger partial charge on any atom is 0.472 e. The maximum absolute atomic E-state index is 13.1. The number of quaternary nitrogens is 1. The zero-order valence-electron chi connectivity index (χ0n) is 44.5. The van der Waals surface area contributed by atoms with Gasteiger partial charge in [0.25, 0.3) is 0 Å². The number of hydrogen-bond donors (Lipinski definition) is 1. The van der Waals surface area contributed by atoms with E-state index in [1.807, 2.05) is 0 Å². The maximum atomic E-state index is 13.1. The Balaban J connectivity index is 5.44. The summed E-state index contributed by atoms with van der Waals surface area (Å²) in [4.78, 5) is 35.9. The largest absolute Gasteiger partial charge is 0.472 e. The molecule has 0 bridgehead atoms. The summed E-state index contributed by atoms with van der Waals surface area (Å²) in [5.41, 5.74) is 0. The van der Waals surface area contributed by atoms with Crippen LogP contribution in [-0.4, -0.2) is 74.6 Å². The Morgan fingerprint density at radius 1 is 0.600 bits per heavy atom. The number of unbranched alkanes of at least 4 members (excludes halogenated alkanes) is 24. The number of phosphoric acid groups is 1. The average molecular weight is 748 g/mol. The van der Waals surface area contributed by atoms with Gasteiger partial charge in [0.1, 0.15) is 19.7 Å². The molecular weight excluding hydrogens is 653 g/mol. The van der Waals surface area contributed by atoms with Gasteiger partial charge in [0.2, 0.25) is 0 Å². The number of ether oxygens (including phenoxy) is 2. The molecule has 1 unspecified atom stereocenters. The number of nitrogens with zero attached hydrogens (tertiary/aromatic N) is 1. The first-order valence-corrected chi connectivity index (χ1v) is 21.2. The van der Waals surface area contributed by atoms with Gasteiger partial charge in [-0.1, -0.05) is 168 Å². The molecule has 0 radical (unpaired) electrons. The second-order valence-electron chi connectivity index (χ2n) is 13.5. The second kappa shape index (κ2) is 33.8. The highest BCUT2D eigenvalue weighted by Gasteiger charge is 2.27. The van der Waals surface area contributed by atoms with Crippen molar-refractivity contribution in [3.8, 4) is 0 Å². The Morgan fingerprint density at radius 3 is 1.38 bits per heavy atom. The quantitative estimate of drug-likeness (QED) is 0.0288. The van der Waals surface area contributed by atoms with E-state index in [0.29, 0.717) is 12.8 Å². The van der Waals surface area contributed by atoms with Gasteiger partial charge in [-0.3, -0.25) is 18.6 Å². The molecule has 0 aliphatic rings. The molecule has 298 valence electrons. The van der Waals surface area contributed by atoms with Crippen LogP contribution < -0.4 is 0 Å². The molecule has 0 aliphatic heterocycles. The molecule has 0 spiro atoms. The summed E-state index contributed by atoms with van der Waals surface area (Å²) in [7, 11) is -5.88. The number of esters is 2. The van der Waals surface area contributed by atoms with Crippen LogP contribution in [0, 0.1) is 0 Å². The molecule has 0 fully saturated rings. The predicted octanol–water partition coefficient (Wildman–Crippen LogP) is 11.2. The highest BCUT2D eigenvalue weighted by molar-refractivity contribution is 7.47. The monoisotopic (exact) mass is 748 g/mol. The van der Waals surface area contributed by atoms with E-state index in [4.69, 9.17) is 31.8 Å². The van der Waals surface area contributed by atoms with E-state index in [2.05, 4.69) is 18.4 Å². The van der Waals surface area contributed by atoms with E-state index in [0.717, 1.165) is 57.8 Å². The van der Waals surface area contributed by atoms with Crippen LogP contribution in [0.1, 0.15) is 211 Å². The Morgan fingerprint density at radius 2 is 0.980 bits per heavy atom. The van der Waals surface area contributed by atoms with Crippen LogP contribution in [0.15, 0.2) is 0 Å². The van der Waals surface area contributed by atoms with E-state index in [-0.39, 0.29) is 12.8 Å². The molecule has 2 atom stereocenters. The van der Waals surface area contributed by atoms with E-state index in [1.54, 1.807) is 0 Å². The number of carbonyl (C=O) groups is 2. The van der Waals surface area contributed by atoms with Crippen LogP contribution in [0.5, 0.6) is 0 Å². The lowest BCUT2D eigenvalue weighted by Gasteiger charge is -2.24. The smallest absolute Gasteiger partial charge is 0.462 e. The molecule has 0 aromatic heterocycles. The number of likely N-dealkylation sites (N-methyl/N-ethyl adjacent to an activating group) is 1. The molecule has 0 saturated heterocycles. The van der Waals surface area contributed by atoms with E-state index < -0.39 is 77.5 Å². The average Bonchev–Trinajstić information content (AvgIpc) is 3.14. The lowest BCUT2D eigenvalue weighted by atomic mass is 10.0. The minimum absolute atomic E-state index is 0.0451. The first-order chi connectivity index (χ1) is 29.2. The Hall–Kier alpha value is -0.990. The summed E-state index contributed by atoms with van der Waals surface area (Å²) in [6.45, 7) is -19.2. The van der Waals surface area contributed by atoms with Crippen molar-refractivity contribution in [2.45, 2.75) is 200 Å². The number of rotatable bonds is 38. The Bertz CT molecular complexity index is 1250. The minimum Gasteiger partial charge on any atom is -0.462 e. The second-order valence-corrected chi connectivity index (χ2v) is 14.9. The molecule has 0 rings (SSSR count). The van der Waals surface area contributed by atoms with E-state index in [1.165, 1.54) is 96.3 Å². The third kappa shape index (κ3) is 36.8. The van der Waals surface area contributed by atoms with Crippen molar-refractivity contribution in [1.29, 1.82) is 0 Å². The number of phosphoric ester groups is 1. The summed E-state index contributed by atoms with van der Waals surface area (Å²) >= 11 is 0. The zero-order valence-corrected chi connectivity index (χ0v) is 32.4. The normalized spacial score (nSPS) is 18.8. The molecule has 0 aliphatic carbocycles. The van der Waals surface area contributed by atoms with Gasteiger partial charge in [0.15, 0.2) is 6.10 Å². The zero-order chi connectivity index (χ0) is 48.3. The van der Waals surface area contributed by atoms with Crippen molar-refractivity contribution in [3.63, 3.8) is 0 Å². The lowest BCUT2D eigenvalue weighted by Crippen LogP contribution is -2.37. The lowest BCUT2D eigenvalue weighted by molar-refractivity contribution is -0.870. The van der Waals surface area contributed by atoms with Gasteiger partial charge in [0.05, 0.1) is 45.4 Å². The van der Waals surface area contributed by atoms with Crippen molar-refractivity contribution >= 4 is 19.8 Å². The van der Waals surface area contributed by atoms with Crippen molar-refractivity contribution < 1.29 is 59.9 Å². The minimum atomic E-state index is -5.88. The van der Waals surface area contributed by atoms with Crippen molar-refractivity contribution in [2.24, 2.45) is 0 Å². The summed E-state index contributed by atoms with van der Waals surface area (Å²) in [6, 6.07) is 0. The Labute approximate surface area is 326 Å². The van der Waals surface area contributed by atoms with Gasteiger partial charge in [0, 0.05) is 12.8 Å². The molecule has 1 N–H and O–H groups in total. The molecule has 9 nitrogen and oxygen atoms in total. The fourth-order valence-electron chi connectivity index (χ4n) is 5.54. The fraction of sp³-hybridized carbons (Fsp3) is 0.950. The van der Waals surface area contributed by atoms with Crippen molar-refractivity contribution in [2.75, 3.05) is 47.2 Å². The summed E-state index contributed by atoms with van der Waals surface area (Å²) in [5.74, 6) is -1.40. The van der Waals surface area contributed by atoms with Gasteiger partial charge in [-0.05, 0) is 12.8 Å². The Kier molecular flexibility index (Phi) is 20.5. The van der Waals surface area contributed by atoms with Gasteiger partial charge in [-0.2, -0.15) is 0 Å². The van der Waals surface area contributed by atoms with Gasteiger partial charge in [-0.15, -0.1) is 0 Å². The molecular formula is C40H81NO8P+. The van der Waals surface area contributed by atoms with Crippen LogP contribution in [0.2, 0.25) is 0 Å². The third-order valence-corrected chi connectivity index (χ3v) is 9.29. The summed E-state index contributed by atoms with van der Waals surface area (Å²) in [5, 5.41) is 0. The fourth-order valence-corrected chi connectivity index (χ4v) is 6.11. The summed E-state index contributed by atoms with van der Waals surface area (Å²) in [6.07, 6.45) is 27.0. The molecule has 0 aromatic rings. The van der Waals surface area contributed by atoms with Crippen LogP contribution in [-0.2, 0) is 32.7 Å². The molecule has 0 heterocycles. The number of carbonyl (C=O) groups excluding carboxylic acids is 2. The van der Waals surface area contributed by atoms with Gasteiger partial charge < -0.3 is 18.9 Å². The van der Waals surface area contributed by atoms with Crippen LogP contribution in [0.3, 0.4) is 0 Å². The predicted molar refractivity (Wildman–Crippen MR) is 206 cm³/mol. The van der Waals surface area contributed by atoms with E-state index >= 15 is 0 Å². The van der Waals surface area contributed by atoms with Crippen LogP contribution >= 0.6 is 7.82 Å². The number of hydrogen-bond acceptors (Lipinski definition) is 7. The van der Waals surface area contributed by atoms with Crippen molar-refractivity contribution in [3.05, 3.63) is 0 Å². The van der Waals surface area contributed by atoms with Crippen LogP contribution in [0.25, 0.3) is 0 Å². The molecule has 0 amide bonds. The van der Waals surface area contributed by atoms with E-state index in [9.17, 15) is 19.0 Å². The molecule has 0 saturated carbocycles. The first-order valence-electron chi connectivity index (χ1n) is 26.2. The topological polar surface area (TPSA) is 108 Å². The SMILES string of the molecule is [2H]C([2H])(OP(=O)(O)OC[C@@H](COC(=O)CCCCCCCCCCCCCCC)OC(=O)CCCCCCCCCCCCCCC)C([2H])([2H])[N+](C([2H])([2H])[2H])(C([2H])([2H])[2H])C([2H])([2H])[2H]. The molecule has 0 aromatic carbocycles.